The molecule has 0 bridgehead atoms. The normalized spacial score (nSPS) is 11.0. The molecule has 0 saturated heterocycles. The highest BCUT2D eigenvalue weighted by molar-refractivity contribution is 7.16. The molecular formula is C21H24N2O3S. The molecule has 3 rings (SSSR count). The first-order chi connectivity index (χ1) is 12.9. The van der Waals surface area contributed by atoms with Gasteiger partial charge < -0.3 is 14.6 Å². The van der Waals surface area contributed by atoms with Crippen molar-refractivity contribution < 1.29 is 14.3 Å². The fraction of sp³-hybridized carbons (Fsp3) is 0.333. The summed E-state index contributed by atoms with van der Waals surface area (Å²) in [6.07, 6.45) is 2.90. The van der Waals surface area contributed by atoms with E-state index in [0.29, 0.717) is 17.2 Å². The summed E-state index contributed by atoms with van der Waals surface area (Å²) in [5.74, 6) is -0.563. The highest BCUT2D eigenvalue weighted by Crippen LogP contribution is 2.33. The number of ether oxygens (including phenoxy) is 1. The smallest absolute Gasteiger partial charge is 0.341 e. The third-order valence-electron chi connectivity index (χ3n) is 4.68. The molecule has 1 aromatic carbocycles. The average molecular weight is 385 g/mol. The molecular weight excluding hydrogens is 360 g/mol. The third kappa shape index (κ3) is 3.90. The zero-order valence-electron chi connectivity index (χ0n) is 16.1. The number of aryl methyl sites for hydroxylation is 2. The second-order valence-corrected chi connectivity index (χ2v) is 7.67. The first-order valence-corrected chi connectivity index (χ1v) is 9.91. The molecule has 0 spiro atoms. The number of anilines is 1. The Balaban J connectivity index is 1.81. The molecule has 0 atom stereocenters. The number of rotatable bonds is 6. The largest absolute Gasteiger partial charge is 0.462 e. The molecule has 2 aromatic heterocycles. The van der Waals surface area contributed by atoms with Crippen LogP contribution in [0.4, 0.5) is 5.00 Å². The highest BCUT2D eigenvalue weighted by Gasteiger charge is 2.22. The number of carbonyl (C=O) groups is 2. The van der Waals surface area contributed by atoms with Crippen molar-refractivity contribution in [3.05, 3.63) is 52.0 Å². The minimum atomic E-state index is -0.395. The number of amides is 1. The van der Waals surface area contributed by atoms with Gasteiger partial charge in [0.05, 0.1) is 12.2 Å². The number of fused-ring (bicyclic) bond motifs is 1. The number of hydrogen-bond donors (Lipinski definition) is 1. The first-order valence-electron chi connectivity index (χ1n) is 9.09. The molecule has 1 amide bonds. The fourth-order valence-corrected chi connectivity index (χ4v) is 4.16. The summed E-state index contributed by atoms with van der Waals surface area (Å²) < 4.78 is 7.06. The van der Waals surface area contributed by atoms with Gasteiger partial charge in [-0.05, 0) is 61.9 Å². The zero-order chi connectivity index (χ0) is 19.6. The number of nitrogens with zero attached hydrogens (tertiary/aromatic N) is 1. The van der Waals surface area contributed by atoms with Gasteiger partial charge in [-0.25, -0.2) is 4.79 Å². The van der Waals surface area contributed by atoms with E-state index >= 15 is 0 Å². The van der Waals surface area contributed by atoms with Gasteiger partial charge in [-0.15, -0.1) is 11.3 Å². The Morgan fingerprint density at radius 2 is 1.96 bits per heavy atom. The number of hydrogen-bond acceptors (Lipinski definition) is 4. The molecule has 2 heterocycles. The van der Waals surface area contributed by atoms with Crippen molar-refractivity contribution in [2.24, 2.45) is 0 Å². The van der Waals surface area contributed by atoms with Gasteiger partial charge in [0.2, 0.25) is 5.91 Å². The second-order valence-electron chi connectivity index (χ2n) is 6.45. The van der Waals surface area contributed by atoms with Gasteiger partial charge in [-0.1, -0.05) is 13.0 Å². The van der Waals surface area contributed by atoms with E-state index in [2.05, 4.69) is 24.4 Å². The zero-order valence-corrected chi connectivity index (χ0v) is 16.9. The summed E-state index contributed by atoms with van der Waals surface area (Å²) >= 11 is 1.40. The maximum atomic E-state index is 12.6. The van der Waals surface area contributed by atoms with Gasteiger partial charge in [0.1, 0.15) is 11.5 Å². The van der Waals surface area contributed by atoms with Crippen LogP contribution in [0.5, 0.6) is 0 Å². The Morgan fingerprint density at radius 3 is 2.67 bits per heavy atom. The lowest BCUT2D eigenvalue weighted by molar-refractivity contribution is -0.116. The quantitative estimate of drug-likeness (QED) is 0.627. The Bertz CT molecular complexity index is 1000. The lowest BCUT2D eigenvalue weighted by Gasteiger charge is -2.09. The predicted molar refractivity (Wildman–Crippen MR) is 110 cm³/mol. The Kier molecular flexibility index (Phi) is 5.65. The van der Waals surface area contributed by atoms with E-state index in [9.17, 15) is 9.59 Å². The van der Waals surface area contributed by atoms with E-state index in [4.69, 9.17) is 4.74 Å². The minimum absolute atomic E-state index is 0.168. The maximum Gasteiger partial charge on any atom is 0.341 e. The molecule has 0 aliphatic rings. The van der Waals surface area contributed by atoms with E-state index in [1.54, 1.807) is 6.92 Å². The summed E-state index contributed by atoms with van der Waals surface area (Å²) in [4.78, 5) is 25.9. The van der Waals surface area contributed by atoms with Crippen molar-refractivity contribution in [3.63, 3.8) is 0 Å². The predicted octanol–water partition coefficient (Wildman–Crippen LogP) is 4.70. The third-order valence-corrected chi connectivity index (χ3v) is 5.80. The maximum absolute atomic E-state index is 12.6. The summed E-state index contributed by atoms with van der Waals surface area (Å²) in [5.41, 5.74) is 3.60. The van der Waals surface area contributed by atoms with Crippen molar-refractivity contribution in [1.82, 2.24) is 4.57 Å². The van der Waals surface area contributed by atoms with E-state index in [1.165, 1.54) is 16.9 Å². The lowest BCUT2D eigenvalue weighted by Crippen LogP contribution is -2.19. The SMILES string of the molecule is CCOC(=O)c1c(NC(=O)Cn2ccc3cc(CC)ccc32)sc(C)c1C. The van der Waals surface area contributed by atoms with E-state index in [1.807, 2.05) is 36.7 Å². The van der Waals surface area contributed by atoms with Gasteiger partial charge in [0, 0.05) is 16.6 Å². The summed E-state index contributed by atoms with van der Waals surface area (Å²) in [6.45, 7) is 8.19. The first kappa shape index (κ1) is 19.2. The molecule has 5 nitrogen and oxygen atoms in total. The molecule has 142 valence electrons. The van der Waals surface area contributed by atoms with Crippen LogP contribution in [-0.2, 0) is 22.5 Å². The summed E-state index contributed by atoms with van der Waals surface area (Å²) in [5, 5.41) is 4.57. The molecule has 6 heteroatoms. The van der Waals surface area contributed by atoms with E-state index < -0.39 is 5.97 Å². The Labute approximate surface area is 163 Å². The number of thiophene rings is 1. The number of esters is 1. The van der Waals surface area contributed by atoms with Gasteiger partial charge in [-0.3, -0.25) is 4.79 Å². The van der Waals surface area contributed by atoms with Crippen LogP contribution in [0, 0.1) is 13.8 Å². The van der Waals surface area contributed by atoms with Crippen molar-refractivity contribution >= 4 is 39.1 Å². The van der Waals surface area contributed by atoms with Crippen molar-refractivity contribution in [2.75, 3.05) is 11.9 Å². The molecule has 0 unspecified atom stereocenters. The summed E-state index contributed by atoms with van der Waals surface area (Å²) in [6, 6.07) is 8.30. The molecule has 0 aliphatic carbocycles. The van der Waals surface area contributed by atoms with Crippen LogP contribution in [-0.4, -0.2) is 23.1 Å². The van der Waals surface area contributed by atoms with Crippen molar-refractivity contribution in [2.45, 2.75) is 40.7 Å². The fourth-order valence-electron chi connectivity index (χ4n) is 3.09. The molecule has 0 saturated carbocycles. The number of carbonyl (C=O) groups excluding carboxylic acids is 2. The highest BCUT2D eigenvalue weighted by atomic mass is 32.1. The average Bonchev–Trinajstić information content (AvgIpc) is 3.15. The number of aromatic nitrogens is 1. The number of nitrogens with one attached hydrogen (secondary N) is 1. The monoisotopic (exact) mass is 384 g/mol. The van der Waals surface area contributed by atoms with Crippen LogP contribution in [0.3, 0.4) is 0 Å². The topological polar surface area (TPSA) is 60.3 Å². The van der Waals surface area contributed by atoms with Crippen LogP contribution in [0.2, 0.25) is 0 Å². The Hall–Kier alpha value is -2.60. The van der Waals surface area contributed by atoms with Crippen LogP contribution < -0.4 is 5.32 Å². The second kappa shape index (κ2) is 7.96. The van der Waals surface area contributed by atoms with Crippen molar-refractivity contribution in [1.29, 1.82) is 0 Å². The molecule has 0 aliphatic heterocycles. The molecule has 1 N–H and O–H groups in total. The van der Waals surface area contributed by atoms with Crippen LogP contribution >= 0.6 is 11.3 Å². The minimum Gasteiger partial charge on any atom is -0.462 e. The van der Waals surface area contributed by atoms with Gasteiger partial charge in [0.25, 0.3) is 0 Å². The van der Waals surface area contributed by atoms with Gasteiger partial charge in [-0.2, -0.15) is 0 Å². The lowest BCUT2D eigenvalue weighted by atomic mass is 10.1. The molecule has 3 aromatic rings. The standard InChI is InChI=1S/C21H24N2O3S/c1-5-15-7-8-17-16(11-15)9-10-23(17)12-18(24)22-20-19(21(25)26-6-2)13(3)14(4)27-20/h7-11H,5-6,12H2,1-4H3,(H,22,24). The molecule has 0 radical (unpaired) electrons. The summed E-state index contributed by atoms with van der Waals surface area (Å²) in [7, 11) is 0. The molecule has 0 fully saturated rings. The van der Waals surface area contributed by atoms with Crippen LogP contribution in [0.1, 0.15) is 40.2 Å². The number of benzene rings is 1. The Morgan fingerprint density at radius 1 is 1.19 bits per heavy atom. The van der Waals surface area contributed by atoms with Crippen LogP contribution in [0.15, 0.2) is 30.5 Å². The van der Waals surface area contributed by atoms with Crippen molar-refractivity contribution in [3.8, 4) is 0 Å². The van der Waals surface area contributed by atoms with Gasteiger partial charge in [0.15, 0.2) is 0 Å². The van der Waals surface area contributed by atoms with E-state index in [-0.39, 0.29) is 12.5 Å². The van der Waals surface area contributed by atoms with E-state index in [0.717, 1.165) is 27.8 Å². The van der Waals surface area contributed by atoms with Gasteiger partial charge >= 0.3 is 5.97 Å². The molecule has 27 heavy (non-hydrogen) atoms. The van der Waals surface area contributed by atoms with Crippen LogP contribution in [0.25, 0.3) is 10.9 Å².